The molecule has 0 saturated carbocycles. The standard InChI is InChI=1S/C13H20N2O2/c1-3-13(16)12-5-4-10(8-14-12)15-7-6-11(9-15)17-2/h4-5,8,11,13,16H,3,6-7,9H2,1-2H3/t11?,13-/m0/s1. The zero-order valence-corrected chi connectivity index (χ0v) is 10.5. The van der Waals surface area contributed by atoms with Gasteiger partial charge in [-0.3, -0.25) is 4.98 Å². The second-order valence-corrected chi connectivity index (χ2v) is 4.46. The summed E-state index contributed by atoms with van der Waals surface area (Å²) in [6.45, 7) is 3.88. The largest absolute Gasteiger partial charge is 0.387 e. The molecule has 0 amide bonds. The van der Waals surface area contributed by atoms with Crippen LogP contribution in [0.5, 0.6) is 0 Å². The van der Waals surface area contributed by atoms with E-state index in [1.807, 2.05) is 25.3 Å². The number of aliphatic hydroxyl groups excluding tert-OH is 1. The zero-order chi connectivity index (χ0) is 12.3. The molecule has 1 unspecified atom stereocenters. The van der Waals surface area contributed by atoms with Gasteiger partial charge in [0.15, 0.2) is 0 Å². The average molecular weight is 236 g/mol. The Bertz CT molecular complexity index is 353. The summed E-state index contributed by atoms with van der Waals surface area (Å²) in [5.74, 6) is 0. The molecule has 1 saturated heterocycles. The molecule has 1 N–H and O–H groups in total. The van der Waals surface area contributed by atoms with Crippen LogP contribution >= 0.6 is 0 Å². The lowest BCUT2D eigenvalue weighted by Crippen LogP contribution is -2.22. The van der Waals surface area contributed by atoms with Gasteiger partial charge in [-0.15, -0.1) is 0 Å². The molecule has 17 heavy (non-hydrogen) atoms. The number of rotatable bonds is 4. The molecule has 2 rings (SSSR count). The first-order valence-corrected chi connectivity index (χ1v) is 6.16. The van der Waals surface area contributed by atoms with Gasteiger partial charge >= 0.3 is 0 Å². The van der Waals surface area contributed by atoms with Gasteiger partial charge in [0.1, 0.15) is 0 Å². The summed E-state index contributed by atoms with van der Waals surface area (Å²) >= 11 is 0. The lowest BCUT2D eigenvalue weighted by molar-refractivity contribution is 0.121. The maximum absolute atomic E-state index is 9.67. The normalized spacial score (nSPS) is 21.8. The highest BCUT2D eigenvalue weighted by Crippen LogP contribution is 2.22. The maximum atomic E-state index is 9.67. The third-order valence-electron chi connectivity index (χ3n) is 3.34. The van der Waals surface area contributed by atoms with Crippen molar-refractivity contribution in [3.8, 4) is 0 Å². The van der Waals surface area contributed by atoms with E-state index >= 15 is 0 Å². The molecule has 1 aromatic heterocycles. The minimum Gasteiger partial charge on any atom is -0.387 e. The zero-order valence-electron chi connectivity index (χ0n) is 10.5. The summed E-state index contributed by atoms with van der Waals surface area (Å²) in [7, 11) is 1.76. The lowest BCUT2D eigenvalue weighted by atomic mass is 10.2. The number of anilines is 1. The van der Waals surface area contributed by atoms with Crippen LogP contribution in [0.1, 0.15) is 31.6 Å². The quantitative estimate of drug-likeness (QED) is 0.865. The fourth-order valence-corrected chi connectivity index (χ4v) is 2.15. The van der Waals surface area contributed by atoms with Gasteiger partial charge in [-0.25, -0.2) is 0 Å². The molecule has 1 aliphatic heterocycles. The molecule has 1 aliphatic rings. The van der Waals surface area contributed by atoms with E-state index in [0.29, 0.717) is 12.5 Å². The Labute approximate surface area is 102 Å². The van der Waals surface area contributed by atoms with Crippen LogP contribution in [-0.2, 0) is 4.74 Å². The summed E-state index contributed by atoms with van der Waals surface area (Å²) in [6.07, 6.45) is 3.48. The van der Waals surface area contributed by atoms with Crippen LogP contribution in [0.3, 0.4) is 0 Å². The first-order valence-electron chi connectivity index (χ1n) is 6.16. The van der Waals surface area contributed by atoms with Crippen LogP contribution in [0.2, 0.25) is 0 Å². The fraction of sp³-hybridized carbons (Fsp3) is 0.615. The van der Waals surface area contributed by atoms with Gasteiger partial charge in [0.25, 0.3) is 0 Å². The highest BCUT2D eigenvalue weighted by Gasteiger charge is 2.22. The molecule has 1 fully saturated rings. The Hall–Kier alpha value is -1.13. The van der Waals surface area contributed by atoms with Gasteiger partial charge in [0.05, 0.1) is 29.8 Å². The van der Waals surface area contributed by atoms with Crippen molar-refractivity contribution in [2.75, 3.05) is 25.1 Å². The SMILES string of the molecule is CC[C@H](O)c1ccc(N2CCC(OC)C2)cn1. The Morgan fingerprint density at radius 2 is 2.41 bits per heavy atom. The molecule has 0 radical (unpaired) electrons. The van der Waals surface area contributed by atoms with Crippen LogP contribution in [0.15, 0.2) is 18.3 Å². The summed E-state index contributed by atoms with van der Waals surface area (Å²) in [5.41, 5.74) is 1.86. The molecule has 0 bridgehead atoms. The van der Waals surface area contributed by atoms with Crippen molar-refractivity contribution in [3.63, 3.8) is 0 Å². The highest BCUT2D eigenvalue weighted by atomic mass is 16.5. The summed E-state index contributed by atoms with van der Waals surface area (Å²) in [6, 6.07) is 3.93. The number of ether oxygens (including phenoxy) is 1. The third kappa shape index (κ3) is 2.76. The minimum absolute atomic E-state index is 0.330. The van der Waals surface area contributed by atoms with Crippen molar-refractivity contribution >= 4 is 5.69 Å². The predicted octanol–water partition coefficient (Wildman–Crippen LogP) is 1.75. The van der Waals surface area contributed by atoms with E-state index in [1.54, 1.807) is 7.11 Å². The van der Waals surface area contributed by atoms with Gasteiger partial charge in [-0.05, 0) is 25.0 Å². The third-order valence-corrected chi connectivity index (χ3v) is 3.34. The van der Waals surface area contributed by atoms with Crippen molar-refractivity contribution in [1.82, 2.24) is 4.98 Å². The number of aliphatic hydroxyl groups is 1. The molecule has 4 nitrogen and oxygen atoms in total. The van der Waals surface area contributed by atoms with Gasteiger partial charge in [-0.2, -0.15) is 0 Å². The molecule has 94 valence electrons. The number of hydrogen-bond acceptors (Lipinski definition) is 4. The van der Waals surface area contributed by atoms with E-state index in [2.05, 4.69) is 9.88 Å². The van der Waals surface area contributed by atoms with E-state index in [9.17, 15) is 5.11 Å². The monoisotopic (exact) mass is 236 g/mol. The molecule has 1 aromatic rings. The van der Waals surface area contributed by atoms with E-state index in [-0.39, 0.29) is 0 Å². The second kappa shape index (κ2) is 5.47. The van der Waals surface area contributed by atoms with Gasteiger partial charge in [-0.1, -0.05) is 6.92 Å². The molecule has 4 heteroatoms. The summed E-state index contributed by atoms with van der Waals surface area (Å²) < 4.78 is 5.34. The average Bonchev–Trinajstić information content (AvgIpc) is 2.87. The Balaban J connectivity index is 2.03. The molecule has 2 atom stereocenters. The van der Waals surface area contributed by atoms with Crippen molar-refractivity contribution < 1.29 is 9.84 Å². The van der Waals surface area contributed by atoms with E-state index in [1.165, 1.54) is 0 Å². The van der Waals surface area contributed by atoms with Crippen LogP contribution in [0.4, 0.5) is 5.69 Å². The van der Waals surface area contributed by atoms with Crippen molar-refractivity contribution in [3.05, 3.63) is 24.0 Å². The first-order chi connectivity index (χ1) is 8.24. The fourth-order valence-electron chi connectivity index (χ4n) is 2.15. The van der Waals surface area contributed by atoms with E-state index in [4.69, 9.17) is 4.74 Å². The number of aromatic nitrogens is 1. The molecule has 0 spiro atoms. The highest BCUT2D eigenvalue weighted by molar-refractivity contribution is 5.46. The van der Waals surface area contributed by atoms with Gasteiger partial charge in [0, 0.05) is 20.2 Å². The second-order valence-electron chi connectivity index (χ2n) is 4.46. The minimum atomic E-state index is -0.450. The predicted molar refractivity (Wildman–Crippen MR) is 67.1 cm³/mol. The molecule has 0 aromatic carbocycles. The lowest BCUT2D eigenvalue weighted by Gasteiger charge is -2.18. The van der Waals surface area contributed by atoms with E-state index in [0.717, 1.165) is 30.9 Å². The van der Waals surface area contributed by atoms with Crippen molar-refractivity contribution in [2.45, 2.75) is 32.0 Å². The molecular weight excluding hydrogens is 216 g/mol. The van der Waals surface area contributed by atoms with Crippen LogP contribution in [0.25, 0.3) is 0 Å². The van der Waals surface area contributed by atoms with Gasteiger partial charge in [0.2, 0.25) is 0 Å². The summed E-state index contributed by atoms with van der Waals surface area (Å²) in [4.78, 5) is 6.58. The Morgan fingerprint density at radius 3 is 2.94 bits per heavy atom. The molecule has 2 heterocycles. The number of methoxy groups -OCH3 is 1. The van der Waals surface area contributed by atoms with Crippen LogP contribution < -0.4 is 4.90 Å². The van der Waals surface area contributed by atoms with Crippen LogP contribution in [0, 0.1) is 0 Å². The van der Waals surface area contributed by atoms with Crippen molar-refractivity contribution in [1.29, 1.82) is 0 Å². The molecule has 0 aliphatic carbocycles. The summed E-state index contributed by atoms with van der Waals surface area (Å²) in [5, 5.41) is 9.67. The number of pyridine rings is 1. The van der Waals surface area contributed by atoms with E-state index < -0.39 is 6.10 Å². The number of hydrogen-bond donors (Lipinski definition) is 1. The smallest absolute Gasteiger partial charge is 0.0957 e. The number of nitrogens with zero attached hydrogens (tertiary/aromatic N) is 2. The molecular formula is C13H20N2O2. The Morgan fingerprint density at radius 1 is 1.59 bits per heavy atom. The Kier molecular flexibility index (Phi) is 3.97. The topological polar surface area (TPSA) is 45.6 Å². The van der Waals surface area contributed by atoms with Crippen molar-refractivity contribution in [2.24, 2.45) is 0 Å². The first kappa shape index (κ1) is 12.3. The van der Waals surface area contributed by atoms with Gasteiger partial charge < -0.3 is 14.7 Å². The maximum Gasteiger partial charge on any atom is 0.0957 e. The van der Waals surface area contributed by atoms with Crippen LogP contribution in [-0.4, -0.2) is 36.4 Å².